The van der Waals surface area contributed by atoms with Crippen molar-refractivity contribution in [3.05, 3.63) is 47.5 Å². The third kappa shape index (κ3) is 14.0. The first-order chi connectivity index (χ1) is 20.6. The zero-order valence-corrected chi connectivity index (χ0v) is 32.4. The summed E-state index contributed by atoms with van der Waals surface area (Å²) >= 11 is 8.89. The van der Waals surface area contributed by atoms with Gasteiger partial charge < -0.3 is 0 Å². The van der Waals surface area contributed by atoms with Crippen LogP contribution in [-0.4, -0.2) is 4.98 Å². The lowest BCUT2D eigenvalue weighted by Crippen LogP contribution is -1.90. The van der Waals surface area contributed by atoms with Gasteiger partial charge in [-0.2, -0.15) is 0 Å². The van der Waals surface area contributed by atoms with Crippen LogP contribution in [0.3, 0.4) is 0 Å². The molecule has 0 aliphatic carbocycles. The molecule has 0 spiro atoms. The summed E-state index contributed by atoms with van der Waals surface area (Å²) < 4.78 is 2.78. The summed E-state index contributed by atoms with van der Waals surface area (Å²) in [6.07, 6.45) is 34.4. The van der Waals surface area contributed by atoms with E-state index in [0.29, 0.717) is 0 Å². The van der Waals surface area contributed by atoms with Crippen molar-refractivity contribution in [3.8, 4) is 20.9 Å². The first-order valence-corrected chi connectivity index (χ1v) is 20.9. The summed E-state index contributed by atoms with van der Waals surface area (Å²) in [5.41, 5.74) is 5.65. The minimum Gasteiger partial charge on any atom is -0.263 e. The normalized spacial score (nSPS) is 11.5. The number of hydrogen-bond acceptors (Lipinski definition) is 3. The number of pyridine rings is 1. The number of aryl methyl sites for hydroxylation is 2. The molecule has 3 aromatic heterocycles. The highest BCUT2D eigenvalue weighted by atomic mass is 127. The highest BCUT2D eigenvalue weighted by molar-refractivity contribution is 14.1. The van der Waals surface area contributed by atoms with E-state index in [9.17, 15) is 0 Å². The van der Waals surface area contributed by atoms with Crippen molar-refractivity contribution in [2.45, 2.75) is 155 Å². The van der Waals surface area contributed by atoms with Gasteiger partial charge in [0.15, 0.2) is 0 Å². The Bertz CT molecular complexity index is 1040. The van der Waals surface area contributed by atoms with Crippen molar-refractivity contribution in [3.63, 3.8) is 0 Å². The minimum absolute atomic E-state index is 1.19. The highest BCUT2D eigenvalue weighted by Crippen LogP contribution is 2.39. The number of unbranched alkanes of at least 4 members (excludes halogenated alkanes) is 18. The number of halogens is 2. The van der Waals surface area contributed by atoms with E-state index in [4.69, 9.17) is 4.98 Å². The summed E-state index contributed by atoms with van der Waals surface area (Å²) in [7, 11) is 0. The van der Waals surface area contributed by atoms with Crippen molar-refractivity contribution >= 4 is 67.9 Å². The zero-order valence-electron chi connectivity index (χ0n) is 26.5. The topological polar surface area (TPSA) is 12.9 Å². The molecule has 0 aliphatic rings. The molecule has 0 saturated carbocycles. The number of thiophene rings is 2. The van der Waals surface area contributed by atoms with Gasteiger partial charge in [0.2, 0.25) is 0 Å². The van der Waals surface area contributed by atoms with Gasteiger partial charge in [0.1, 0.15) is 0 Å². The molecule has 3 heterocycles. The third-order valence-corrected chi connectivity index (χ3v) is 12.4. The smallest absolute Gasteiger partial charge is 0.0662 e. The molecule has 0 unspecified atom stereocenters. The maximum Gasteiger partial charge on any atom is 0.0662 e. The monoisotopic (exact) mass is 831 g/mol. The van der Waals surface area contributed by atoms with E-state index < -0.39 is 0 Å². The lowest BCUT2D eigenvalue weighted by Gasteiger charge is -2.08. The van der Waals surface area contributed by atoms with E-state index in [1.54, 1.807) is 0 Å². The molecule has 42 heavy (non-hydrogen) atoms. The van der Waals surface area contributed by atoms with Crippen molar-refractivity contribution in [2.75, 3.05) is 0 Å². The number of nitrogens with zero attached hydrogens (tertiary/aromatic N) is 1. The molecule has 0 N–H and O–H groups in total. The van der Waals surface area contributed by atoms with Gasteiger partial charge in [0.25, 0.3) is 0 Å². The van der Waals surface area contributed by atoms with Crippen molar-refractivity contribution in [1.82, 2.24) is 4.98 Å². The molecule has 3 aromatic rings. The van der Waals surface area contributed by atoms with Crippen molar-refractivity contribution in [1.29, 1.82) is 0 Å². The lowest BCUT2D eigenvalue weighted by atomic mass is 10.0. The summed E-state index contributed by atoms with van der Waals surface area (Å²) in [6, 6.07) is 7.26. The molecule has 0 fully saturated rings. The average Bonchev–Trinajstić information content (AvgIpc) is 3.56. The molecule has 234 valence electrons. The Morgan fingerprint density at radius 1 is 0.476 bits per heavy atom. The molecular formula is C37H55I2NS2. The number of rotatable bonds is 24. The minimum atomic E-state index is 1.19. The molecule has 3 rings (SSSR count). The molecular weight excluding hydrogens is 776 g/mol. The van der Waals surface area contributed by atoms with Gasteiger partial charge in [-0.05, 0) is 100 Å². The molecule has 0 atom stereocenters. The van der Waals surface area contributed by atoms with Crippen LogP contribution in [0.1, 0.15) is 153 Å². The highest BCUT2D eigenvalue weighted by Gasteiger charge is 2.15. The Labute approximate surface area is 293 Å². The van der Waals surface area contributed by atoms with Crippen LogP contribution in [0.25, 0.3) is 20.9 Å². The summed E-state index contributed by atoms with van der Waals surface area (Å²) in [6.45, 7) is 4.60. The fourth-order valence-electron chi connectivity index (χ4n) is 5.94. The molecule has 5 heteroatoms. The predicted molar refractivity (Wildman–Crippen MR) is 207 cm³/mol. The number of hydrogen-bond donors (Lipinski definition) is 0. The van der Waals surface area contributed by atoms with E-state index in [1.807, 2.05) is 22.7 Å². The first kappa shape index (κ1) is 36.5. The second kappa shape index (κ2) is 22.5. The van der Waals surface area contributed by atoms with E-state index in [-0.39, 0.29) is 0 Å². The second-order valence-corrected chi connectivity index (χ2v) is 18.0. The Kier molecular flexibility index (Phi) is 19.5. The molecule has 0 radical (unpaired) electrons. The van der Waals surface area contributed by atoms with Gasteiger partial charge in [-0.1, -0.05) is 129 Å². The maximum absolute atomic E-state index is 4.76. The molecule has 0 saturated heterocycles. The van der Waals surface area contributed by atoms with Crippen molar-refractivity contribution in [2.24, 2.45) is 0 Å². The Morgan fingerprint density at radius 2 is 0.810 bits per heavy atom. The largest absolute Gasteiger partial charge is 0.263 e. The van der Waals surface area contributed by atoms with E-state index in [2.05, 4.69) is 89.6 Å². The Hall–Kier alpha value is 0.01000. The maximum atomic E-state index is 4.76. The fourth-order valence-corrected chi connectivity index (χ4v) is 9.85. The summed E-state index contributed by atoms with van der Waals surface area (Å²) in [5.74, 6) is 0. The van der Waals surface area contributed by atoms with Gasteiger partial charge in [0.05, 0.1) is 5.77 Å². The van der Waals surface area contributed by atoms with Crippen LogP contribution in [0, 0.1) is 5.77 Å². The predicted octanol–water partition coefficient (Wildman–Crippen LogP) is 14.7. The fraction of sp³-hybridized carbons (Fsp3) is 0.649. The van der Waals surface area contributed by atoms with Gasteiger partial charge in [-0.3, -0.25) is 4.98 Å². The summed E-state index contributed by atoms with van der Waals surface area (Å²) in [4.78, 5) is 7.63. The van der Waals surface area contributed by atoms with Crippen LogP contribution in [0.2, 0.25) is 0 Å². The van der Waals surface area contributed by atoms with Crippen molar-refractivity contribution < 1.29 is 0 Å². The molecule has 0 amide bonds. The quantitative estimate of drug-likeness (QED) is 0.0647. The van der Waals surface area contributed by atoms with E-state index in [0.717, 1.165) is 0 Å². The zero-order chi connectivity index (χ0) is 29.8. The molecule has 1 nitrogen and oxygen atoms in total. The molecule has 0 aliphatic heterocycles. The lowest BCUT2D eigenvalue weighted by molar-refractivity contribution is 0.556. The standard InChI is InChI=1S/C37H55I2NS2/c1-3-5-7-9-11-13-15-17-19-21-23-30-26-34(38)41-36(30)32-25-33(29-40-28-32)37-31(27-35(39)42-37)24-22-20-18-16-14-12-10-8-6-4-2/h25-29H,3-24H2,1-2H3. The van der Waals surface area contributed by atoms with Crippen LogP contribution >= 0.6 is 67.9 Å². The van der Waals surface area contributed by atoms with Gasteiger partial charge in [-0.25, -0.2) is 0 Å². The van der Waals surface area contributed by atoms with Crippen LogP contribution < -0.4 is 0 Å². The first-order valence-electron chi connectivity index (χ1n) is 17.1. The van der Waals surface area contributed by atoms with Gasteiger partial charge >= 0.3 is 0 Å². The third-order valence-electron chi connectivity index (χ3n) is 8.42. The van der Waals surface area contributed by atoms with Gasteiger partial charge in [-0.15, -0.1) is 22.7 Å². The van der Waals surface area contributed by atoms with Gasteiger partial charge in [0, 0.05) is 33.3 Å². The van der Waals surface area contributed by atoms with Crippen LogP contribution in [0.4, 0.5) is 0 Å². The average molecular weight is 832 g/mol. The summed E-state index contributed by atoms with van der Waals surface area (Å²) in [5, 5.41) is 0. The SMILES string of the molecule is CCCCCCCCCCCCc1cc(I)sc1-c1cncc(-c2sc(I)cc2CCCCCCCCCCCC)c1. The Balaban J connectivity index is 1.48. The Morgan fingerprint density at radius 3 is 1.17 bits per heavy atom. The molecule has 0 aromatic carbocycles. The molecule has 0 bridgehead atoms. The van der Waals surface area contributed by atoms with Crippen LogP contribution in [0.15, 0.2) is 30.6 Å². The van der Waals surface area contributed by atoms with E-state index in [1.165, 1.54) is 179 Å². The van der Waals surface area contributed by atoms with Crippen LogP contribution in [-0.2, 0) is 12.8 Å². The second-order valence-electron chi connectivity index (χ2n) is 12.1. The number of aromatic nitrogens is 1. The van der Waals surface area contributed by atoms with E-state index >= 15 is 0 Å². The van der Waals surface area contributed by atoms with Crippen LogP contribution in [0.5, 0.6) is 0 Å².